The molecule has 0 saturated heterocycles. The number of benzene rings is 1. The van der Waals surface area contributed by atoms with Crippen LogP contribution in [0.3, 0.4) is 0 Å². The molecule has 2 aromatic rings. The van der Waals surface area contributed by atoms with Gasteiger partial charge in [-0.05, 0) is 65.8 Å². The molecule has 28 heavy (non-hydrogen) atoms. The molecule has 0 radical (unpaired) electrons. The van der Waals surface area contributed by atoms with E-state index in [-0.39, 0.29) is 11.8 Å². The zero-order valence-corrected chi connectivity index (χ0v) is 17.5. The van der Waals surface area contributed by atoms with Gasteiger partial charge in [0.1, 0.15) is 0 Å². The van der Waals surface area contributed by atoms with Crippen LogP contribution < -0.4 is 16.0 Å². The van der Waals surface area contributed by atoms with Gasteiger partial charge < -0.3 is 16.0 Å². The van der Waals surface area contributed by atoms with E-state index >= 15 is 0 Å². The second-order valence-electron chi connectivity index (χ2n) is 7.35. The Hall–Kier alpha value is -2.34. The Labute approximate surface area is 171 Å². The number of aliphatic imine (C=N–C) groups is 1. The van der Waals surface area contributed by atoms with Gasteiger partial charge in [-0.2, -0.15) is 11.3 Å². The van der Waals surface area contributed by atoms with Crippen molar-refractivity contribution in [2.24, 2.45) is 10.9 Å². The highest BCUT2D eigenvalue weighted by Crippen LogP contribution is 2.27. The minimum Gasteiger partial charge on any atom is -0.357 e. The lowest BCUT2D eigenvalue weighted by Gasteiger charge is -2.24. The summed E-state index contributed by atoms with van der Waals surface area (Å²) in [6.07, 6.45) is 3.19. The Morgan fingerprint density at radius 3 is 2.82 bits per heavy atom. The smallest absolute Gasteiger partial charge is 0.227 e. The lowest BCUT2D eigenvalue weighted by molar-refractivity contribution is -0.122. The van der Waals surface area contributed by atoms with E-state index in [4.69, 9.17) is 4.99 Å². The third-order valence-electron chi connectivity index (χ3n) is 5.12. The Morgan fingerprint density at radius 2 is 2.14 bits per heavy atom. The lowest BCUT2D eigenvalue weighted by Crippen LogP contribution is -2.39. The Balaban J connectivity index is 1.55. The minimum atomic E-state index is 0.143. The molecule has 6 heteroatoms. The van der Waals surface area contributed by atoms with E-state index in [1.54, 1.807) is 11.3 Å². The predicted molar refractivity (Wildman–Crippen MR) is 118 cm³/mol. The molecule has 1 aromatic heterocycles. The summed E-state index contributed by atoms with van der Waals surface area (Å²) in [5.41, 5.74) is 3.28. The number of carbonyl (C=O) groups excluding carboxylic acids is 1. The van der Waals surface area contributed by atoms with Gasteiger partial charge in [0.05, 0.1) is 6.54 Å². The molecule has 1 saturated carbocycles. The van der Waals surface area contributed by atoms with E-state index in [9.17, 15) is 4.79 Å². The van der Waals surface area contributed by atoms with Gasteiger partial charge >= 0.3 is 0 Å². The SMILES string of the molecule is CCNC(=NCc1cccc(NC(=O)C2CCC2)c1)NCC(C)c1ccsc1. The number of amides is 1. The lowest BCUT2D eigenvalue weighted by atomic mass is 9.85. The summed E-state index contributed by atoms with van der Waals surface area (Å²) in [5, 5.41) is 14.1. The molecule has 1 heterocycles. The molecule has 0 spiro atoms. The average Bonchev–Trinajstić information content (AvgIpc) is 3.17. The highest BCUT2D eigenvalue weighted by Gasteiger charge is 2.25. The molecule has 3 N–H and O–H groups in total. The normalized spacial score (nSPS) is 15.6. The summed E-state index contributed by atoms with van der Waals surface area (Å²) in [6, 6.07) is 10.1. The van der Waals surface area contributed by atoms with Crippen LogP contribution >= 0.6 is 11.3 Å². The number of rotatable bonds is 8. The Bertz CT molecular complexity index is 784. The predicted octanol–water partition coefficient (Wildman–Crippen LogP) is 4.35. The van der Waals surface area contributed by atoms with Gasteiger partial charge in [-0.15, -0.1) is 0 Å². The second kappa shape index (κ2) is 10.3. The van der Waals surface area contributed by atoms with Crippen molar-refractivity contribution in [2.75, 3.05) is 18.4 Å². The first kappa shape index (κ1) is 20.4. The molecule has 1 unspecified atom stereocenters. The molecule has 0 bridgehead atoms. The van der Waals surface area contributed by atoms with E-state index < -0.39 is 0 Å². The zero-order chi connectivity index (χ0) is 19.8. The molecule has 1 fully saturated rings. The van der Waals surface area contributed by atoms with Gasteiger partial charge in [0.2, 0.25) is 5.91 Å². The number of anilines is 1. The molecule has 5 nitrogen and oxygen atoms in total. The standard InChI is InChI=1S/C22H30N4OS/c1-3-23-22(24-13-16(2)19-10-11-28-15-19)25-14-17-6-4-9-20(12-17)26-21(27)18-7-5-8-18/h4,6,9-12,15-16,18H,3,5,7-8,13-14H2,1-2H3,(H,26,27)(H2,23,24,25). The molecule has 1 aromatic carbocycles. The third kappa shape index (κ3) is 5.83. The van der Waals surface area contributed by atoms with Gasteiger partial charge in [-0.3, -0.25) is 4.79 Å². The molecular weight excluding hydrogens is 368 g/mol. The van der Waals surface area contributed by atoms with Gasteiger partial charge in [-0.1, -0.05) is 25.5 Å². The van der Waals surface area contributed by atoms with Crippen molar-refractivity contribution in [3.8, 4) is 0 Å². The molecule has 1 atom stereocenters. The maximum absolute atomic E-state index is 12.1. The molecular formula is C22H30N4OS. The second-order valence-corrected chi connectivity index (χ2v) is 8.13. The van der Waals surface area contributed by atoms with Crippen LogP contribution in [0.2, 0.25) is 0 Å². The van der Waals surface area contributed by atoms with Crippen LogP contribution in [0.15, 0.2) is 46.1 Å². The van der Waals surface area contributed by atoms with Crippen molar-refractivity contribution >= 4 is 28.9 Å². The highest BCUT2D eigenvalue weighted by molar-refractivity contribution is 7.07. The van der Waals surface area contributed by atoms with Crippen molar-refractivity contribution < 1.29 is 4.79 Å². The third-order valence-corrected chi connectivity index (χ3v) is 5.82. The van der Waals surface area contributed by atoms with Crippen molar-refractivity contribution in [1.82, 2.24) is 10.6 Å². The van der Waals surface area contributed by atoms with Crippen molar-refractivity contribution in [1.29, 1.82) is 0 Å². The number of carbonyl (C=O) groups is 1. The van der Waals surface area contributed by atoms with E-state index in [1.807, 2.05) is 24.3 Å². The van der Waals surface area contributed by atoms with E-state index in [0.29, 0.717) is 12.5 Å². The number of thiophene rings is 1. The fraction of sp³-hybridized carbons (Fsp3) is 0.455. The molecule has 1 aliphatic carbocycles. The first-order chi connectivity index (χ1) is 13.7. The number of guanidine groups is 1. The molecule has 1 aliphatic rings. The maximum atomic E-state index is 12.1. The van der Waals surface area contributed by atoms with Gasteiger partial charge in [0.25, 0.3) is 0 Å². The van der Waals surface area contributed by atoms with Crippen LogP contribution in [-0.4, -0.2) is 25.0 Å². The van der Waals surface area contributed by atoms with Gasteiger partial charge in [-0.25, -0.2) is 4.99 Å². The summed E-state index contributed by atoms with van der Waals surface area (Å²) in [5.74, 6) is 1.58. The average molecular weight is 399 g/mol. The quantitative estimate of drug-likeness (QED) is 0.458. The maximum Gasteiger partial charge on any atom is 0.227 e. The number of hydrogen-bond donors (Lipinski definition) is 3. The Morgan fingerprint density at radius 1 is 1.29 bits per heavy atom. The molecule has 3 rings (SSSR count). The number of nitrogens with zero attached hydrogens (tertiary/aromatic N) is 1. The van der Waals surface area contributed by atoms with E-state index in [1.165, 1.54) is 5.56 Å². The molecule has 0 aliphatic heterocycles. The first-order valence-corrected chi connectivity index (χ1v) is 11.0. The summed E-state index contributed by atoms with van der Waals surface area (Å²) >= 11 is 1.73. The van der Waals surface area contributed by atoms with Crippen LogP contribution in [0.5, 0.6) is 0 Å². The topological polar surface area (TPSA) is 65.5 Å². The van der Waals surface area contributed by atoms with Crippen molar-refractivity contribution in [3.05, 3.63) is 52.2 Å². The van der Waals surface area contributed by atoms with Crippen LogP contribution in [0.4, 0.5) is 5.69 Å². The summed E-state index contributed by atoms with van der Waals surface area (Å²) in [7, 11) is 0. The van der Waals surface area contributed by atoms with Crippen molar-refractivity contribution in [2.45, 2.75) is 45.6 Å². The summed E-state index contributed by atoms with van der Waals surface area (Å²) in [4.78, 5) is 16.8. The van der Waals surface area contributed by atoms with Crippen LogP contribution in [0.1, 0.15) is 50.2 Å². The van der Waals surface area contributed by atoms with Crippen molar-refractivity contribution in [3.63, 3.8) is 0 Å². The monoisotopic (exact) mass is 398 g/mol. The fourth-order valence-electron chi connectivity index (χ4n) is 3.10. The zero-order valence-electron chi connectivity index (χ0n) is 16.7. The summed E-state index contributed by atoms with van der Waals surface area (Å²) in [6.45, 7) is 6.49. The summed E-state index contributed by atoms with van der Waals surface area (Å²) < 4.78 is 0. The largest absolute Gasteiger partial charge is 0.357 e. The minimum absolute atomic E-state index is 0.143. The van der Waals surface area contributed by atoms with E-state index in [2.05, 4.69) is 46.6 Å². The van der Waals surface area contributed by atoms with E-state index in [0.717, 1.165) is 49.6 Å². The number of hydrogen-bond acceptors (Lipinski definition) is 3. The highest BCUT2D eigenvalue weighted by atomic mass is 32.1. The Kier molecular flexibility index (Phi) is 7.48. The van der Waals surface area contributed by atoms with Gasteiger partial charge in [0.15, 0.2) is 5.96 Å². The van der Waals surface area contributed by atoms with Crippen LogP contribution in [0.25, 0.3) is 0 Å². The number of nitrogens with one attached hydrogen (secondary N) is 3. The molecule has 1 amide bonds. The van der Waals surface area contributed by atoms with Crippen LogP contribution in [0, 0.1) is 5.92 Å². The molecule has 150 valence electrons. The fourth-order valence-corrected chi connectivity index (χ4v) is 3.88. The van der Waals surface area contributed by atoms with Gasteiger partial charge in [0, 0.05) is 24.7 Å². The van der Waals surface area contributed by atoms with Crippen LogP contribution in [-0.2, 0) is 11.3 Å². The first-order valence-electron chi connectivity index (χ1n) is 10.1.